The van der Waals surface area contributed by atoms with E-state index in [0.29, 0.717) is 10.8 Å². The van der Waals surface area contributed by atoms with Gasteiger partial charge in [-0.15, -0.1) is 0 Å². The van der Waals surface area contributed by atoms with Gasteiger partial charge in [0.25, 0.3) is 0 Å². The van der Waals surface area contributed by atoms with E-state index in [0.717, 1.165) is 48.3 Å². The average Bonchev–Trinajstić information content (AvgIpc) is 3.13. The van der Waals surface area contributed by atoms with Gasteiger partial charge in [0.05, 0.1) is 11.6 Å². The molecule has 1 atom stereocenters. The third kappa shape index (κ3) is 3.21. The Kier molecular flexibility index (Phi) is 4.32. The zero-order chi connectivity index (χ0) is 16.4. The smallest absolute Gasteiger partial charge is 0.162 e. The number of nitrogens with one attached hydrogen (secondary N) is 1. The van der Waals surface area contributed by atoms with Crippen molar-refractivity contribution >= 4 is 28.3 Å². The Morgan fingerprint density at radius 2 is 1.92 bits per heavy atom. The summed E-state index contributed by atoms with van der Waals surface area (Å²) >= 11 is 5.98. The minimum absolute atomic E-state index is 0.262. The molecule has 2 aromatic carbocycles. The van der Waals surface area contributed by atoms with E-state index in [2.05, 4.69) is 5.32 Å². The van der Waals surface area contributed by atoms with Crippen molar-refractivity contribution in [1.29, 1.82) is 0 Å². The van der Waals surface area contributed by atoms with E-state index >= 15 is 0 Å². The van der Waals surface area contributed by atoms with Gasteiger partial charge >= 0.3 is 0 Å². The summed E-state index contributed by atoms with van der Waals surface area (Å²) in [4.78, 5) is 9.43. The Balaban J connectivity index is 1.71. The minimum atomic E-state index is 0.262. The molecule has 1 N–H and O–H groups in total. The topological polar surface area (TPSA) is 47.0 Å². The molecule has 1 aliphatic heterocycles. The fourth-order valence-electron chi connectivity index (χ4n) is 2.96. The summed E-state index contributed by atoms with van der Waals surface area (Å²) in [6.45, 7) is 1.62. The van der Waals surface area contributed by atoms with Gasteiger partial charge in [0.15, 0.2) is 5.82 Å². The Bertz CT molecular complexity index is 845. The predicted molar refractivity (Wildman–Crippen MR) is 97.4 cm³/mol. The molecular weight excluding hydrogens is 322 g/mol. The van der Waals surface area contributed by atoms with E-state index in [4.69, 9.17) is 26.3 Å². The third-order valence-electron chi connectivity index (χ3n) is 4.23. The van der Waals surface area contributed by atoms with E-state index in [-0.39, 0.29) is 6.10 Å². The van der Waals surface area contributed by atoms with Gasteiger partial charge in [-0.2, -0.15) is 0 Å². The molecule has 0 aliphatic carbocycles. The lowest BCUT2D eigenvalue weighted by Crippen LogP contribution is -2.19. The Hall–Kier alpha value is -2.17. The van der Waals surface area contributed by atoms with Crippen LogP contribution in [0, 0.1) is 0 Å². The zero-order valence-corrected chi connectivity index (χ0v) is 14.0. The molecule has 3 aromatic rings. The van der Waals surface area contributed by atoms with E-state index in [9.17, 15) is 0 Å². The molecule has 4 nitrogen and oxygen atoms in total. The predicted octanol–water partition coefficient (Wildman–Crippen LogP) is 4.54. The largest absolute Gasteiger partial charge is 0.376 e. The van der Waals surface area contributed by atoms with Crippen LogP contribution in [0.4, 0.5) is 5.82 Å². The molecular formula is C19H18ClN3O. The summed E-state index contributed by atoms with van der Waals surface area (Å²) in [5, 5.41) is 5.18. The van der Waals surface area contributed by atoms with Crippen LogP contribution in [0.25, 0.3) is 22.3 Å². The second-order valence-corrected chi connectivity index (χ2v) is 6.37. The normalized spacial score (nSPS) is 17.3. The van der Waals surface area contributed by atoms with Gasteiger partial charge in [-0.3, -0.25) is 0 Å². The fraction of sp³-hybridized carbons (Fsp3) is 0.263. The molecule has 0 bridgehead atoms. The van der Waals surface area contributed by atoms with E-state index in [1.165, 1.54) is 0 Å². The minimum Gasteiger partial charge on any atom is -0.376 e. The first-order chi connectivity index (χ1) is 11.8. The number of benzene rings is 2. The van der Waals surface area contributed by atoms with Gasteiger partial charge in [-0.25, -0.2) is 9.97 Å². The number of hydrogen-bond donors (Lipinski definition) is 1. The molecule has 0 radical (unpaired) electrons. The number of aromatic nitrogens is 2. The number of fused-ring (bicyclic) bond motifs is 1. The first kappa shape index (κ1) is 15.4. The molecule has 122 valence electrons. The Morgan fingerprint density at radius 3 is 2.71 bits per heavy atom. The number of halogens is 1. The van der Waals surface area contributed by atoms with Crippen LogP contribution < -0.4 is 5.32 Å². The number of hydrogen-bond acceptors (Lipinski definition) is 4. The monoisotopic (exact) mass is 339 g/mol. The van der Waals surface area contributed by atoms with Crippen LogP contribution in [0.5, 0.6) is 0 Å². The lowest BCUT2D eigenvalue weighted by Gasteiger charge is -2.14. The first-order valence-corrected chi connectivity index (χ1v) is 8.55. The SMILES string of the molecule is Clc1ccc(-c2nc(NC[C@@H]3CCCO3)c3ccccc3n2)cc1. The summed E-state index contributed by atoms with van der Waals surface area (Å²) in [6.07, 6.45) is 2.49. The van der Waals surface area contributed by atoms with Gasteiger partial charge in [0, 0.05) is 29.1 Å². The van der Waals surface area contributed by atoms with Crippen molar-refractivity contribution in [3.8, 4) is 11.4 Å². The van der Waals surface area contributed by atoms with E-state index in [1.54, 1.807) is 0 Å². The van der Waals surface area contributed by atoms with Crippen molar-refractivity contribution in [2.24, 2.45) is 0 Å². The van der Waals surface area contributed by atoms with Gasteiger partial charge in [-0.05, 0) is 49.2 Å². The lowest BCUT2D eigenvalue weighted by molar-refractivity contribution is 0.120. The fourth-order valence-corrected chi connectivity index (χ4v) is 3.08. The van der Waals surface area contributed by atoms with Gasteiger partial charge < -0.3 is 10.1 Å². The molecule has 1 saturated heterocycles. The number of rotatable bonds is 4. The van der Waals surface area contributed by atoms with Crippen LogP contribution in [0.1, 0.15) is 12.8 Å². The molecule has 4 rings (SSSR count). The molecule has 1 aliphatic rings. The molecule has 0 spiro atoms. The first-order valence-electron chi connectivity index (χ1n) is 8.18. The number of anilines is 1. The Morgan fingerprint density at radius 1 is 1.08 bits per heavy atom. The lowest BCUT2D eigenvalue weighted by atomic mass is 10.1. The van der Waals surface area contributed by atoms with Crippen molar-refractivity contribution in [3.63, 3.8) is 0 Å². The maximum atomic E-state index is 5.98. The standard InChI is InChI=1S/C19H18ClN3O/c20-14-9-7-13(8-10-14)18-22-17-6-2-1-5-16(17)19(23-18)21-12-15-4-3-11-24-15/h1-2,5-10,15H,3-4,11-12H2,(H,21,22,23)/t15-/m0/s1. The number of nitrogens with zero attached hydrogens (tertiary/aromatic N) is 2. The summed E-state index contributed by atoms with van der Waals surface area (Å²) in [6, 6.07) is 15.6. The molecule has 1 fully saturated rings. The van der Waals surface area contributed by atoms with Crippen molar-refractivity contribution in [2.75, 3.05) is 18.5 Å². The molecule has 24 heavy (non-hydrogen) atoms. The quantitative estimate of drug-likeness (QED) is 0.758. The molecule has 5 heteroatoms. The van der Waals surface area contributed by atoms with Gasteiger partial charge in [-0.1, -0.05) is 23.7 Å². The summed E-state index contributed by atoms with van der Waals surface area (Å²) < 4.78 is 5.69. The maximum Gasteiger partial charge on any atom is 0.162 e. The Labute approximate surface area is 145 Å². The van der Waals surface area contributed by atoms with Crippen LogP contribution in [-0.2, 0) is 4.74 Å². The summed E-state index contributed by atoms with van der Waals surface area (Å²) in [5.74, 6) is 1.54. The molecule has 2 heterocycles. The third-order valence-corrected chi connectivity index (χ3v) is 4.48. The van der Waals surface area contributed by atoms with Crippen LogP contribution >= 0.6 is 11.6 Å². The average molecular weight is 340 g/mol. The highest BCUT2D eigenvalue weighted by molar-refractivity contribution is 6.30. The highest BCUT2D eigenvalue weighted by Gasteiger charge is 2.16. The highest BCUT2D eigenvalue weighted by atomic mass is 35.5. The highest BCUT2D eigenvalue weighted by Crippen LogP contribution is 2.26. The molecule has 0 unspecified atom stereocenters. The van der Waals surface area contributed by atoms with Gasteiger partial charge in [0.2, 0.25) is 0 Å². The summed E-state index contributed by atoms with van der Waals surface area (Å²) in [5.41, 5.74) is 1.87. The van der Waals surface area contributed by atoms with Crippen molar-refractivity contribution < 1.29 is 4.74 Å². The van der Waals surface area contributed by atoms with E-state index in [1.807, 2.05) is 48.5 Å². The van der Waals surface area contributed by atoms with E-state index < -0.39 is 0 Å². The maximum absolute atomic E-state index is 5.98. The second kappa shape index (κ2) is 6.75. The zero-order valence-electron chi connectivity index (χ0n) is 13.2. The number of ether oxygens (including phenoxy) is 1. The molecule has 0 amide bonds. The second-order valence-electron chi connectivity index (χ2n) is 5.94. The number of para-hydroxylation sites is 1. The van der Waals surface area contributed by atoms with Crippen molar-refractivity contribution in [1.82, 2.24) is 9.97 Å². The van der Waals surface area contributed by atoms with Crippen molar-refractivity contribution in [2.45, 2.75) is 18.9 Å². The molecule has 0 saturated carbocycles. The summed E-state index contributed by atoms with van der Waals surface area (Å²) in [7, 11) is 0. The van der Waals surface area contributed by atoms with Crippen molar-refractivity contribution in [3.05, 3.63) is 53.6 Å². The van der Waals surface area contributed by atoms with Crippen LogP contribution in [0.15, 0.2) is 48.5 Å². The molecule has 1 aromatic heterocycles. The van der Waals surface area contributed by atoms with Crippen LogP contribution in [-0.4, -0.2) is 29.2 Å². The van der Waals surface area contributed by atoms with Crippen LogP contribution in [0.3, 0.4) is 0 Å². The van der Waals surface area contributed by atoms with Gasteiger partial charge in [0.1, 0.15) is 5.82 Å². The van der Waals surface area contributed by atoms with Crippen LogP contribution in [0.2, 0.25) is 5.02 Å².